The van der Waals surface area contributed by atoms with Crippen molar-refractivity contribution in [2.24, 2.45) is 0 Å². The standard InChI is InChI=1S/C25H22BrN3O2/c1-18-4-2-5-19(14-18)16-29-13-12-24(28-29)27-25(30)21-7-3-6-20(15-21)17-31-23-10-8-22(26)9-11-23/h2-15H,16-17H2,1H3,(H,27,28,30). The fraction of sp³-hybridized carbons (Fsp3) is 0.120. The molecule has 0 fully saturated rings. The number of aryl methyl sites for hydroxylation is 1. The molecule has 31 heavy (non-hydrogen) atoms. The number of amides is 1. The Labute approximate surface area is 189 Å². The first-order valence-electron chi connectivity index (χ1n) is 9.93. The lowest BCUT2D eigenvalue weighted by molar-refractivity contribution is 0.102. The van der Waals surface area contributed by atoms with Gasteiger partial charge in [-0.2, -0.15) is 5.10 Å². The summed E-state index contributed by atoms with van der Waals surface area (Å²) in [5, 5.41) is 7.33. The van der Waals surface area contributed by atoms with Gasteiger partial charge in [-0.3, -0.25) is 9.48 Å². The Morgan fingerprint density at radius 2 is 1.77 bits per heavy atom. The number of carbonyl (C=O) groups is 1. The zero-order chi connectivity index (χ0) is 21.6. The van der Waals surface area contributed by atoms with Gasteiger partial charge in [-0.25, -0.2) is 0 Å². The number of hydrogen-bond acceptors (Lipinski definition) is 3. The first-order valence-corrected chi connectivity index (χ1v) is 10.7. The van der Waals surface area contributed by atoms with Crippen LogP contribution in [-0.2, 0) is 13.2 Å². The fourth-order valence-electron chi connectivity index (χ4n) is 3.20. The highest BCUT2D eigenvalue weighted by atomic mass is 79.9. The van der Waals surface area contributed by atoms with Crippen LogP contribution in [-0.4, -0.2) is 15.7 Å². The summed E-state index contributed by atoms with van der Waals surface area (Å²) in [5.41, 5.74) is 3.85. The van der Waals surface area contributed by atoms with Gasteiger partial charge in [-0.05, 0) is 54.4 Å². The number of carbonyl (C=O) groups excluding carboxylic acids is 1. The molecule has 0 spiro atoms. The molecule has 1 N–H and O–H groups in total. The number of anilines is 1. The molecule has 0 saturated carbocycles. The van der Waals surface area contributed by atoms with E-state index in [2.05, 4.69) is 51.5 Å². The number of halogens is 1. The average Bonchev–Trinajstić information content (AvgIpc) is 3.20. The van der Waals surface area contributed by atoms with Gasteiger partial charge >= 0.3 is 0 Å². The minimum atomic E-state index is -0.203. The Balaban J connectivity index is 1.37. The molecule has 0 bridgehead atoms. The van der Waals surface area contributed by atoms with E-state index in [1.165, 1.54) is 11.1 Å². The zero-order valence-electron chi connectivity index (χ0n) is 17.1. The van der Waals surface area contributed by atoms with Crippen molar-refractivity contribution in [2.45, 2.75) is 20.1 Å². The molecule has 4 aromatic rings. The summed E-state index contributed by atoms with van der Waals surface area (Å²) in [6.45, 7) is 3.10. The molecule has 0 saturated heterocycles. The van der Waals surface area contributed by atoms with Crippen LogP contribution in [0, 0.1) is 6.92 Å². The van der Waals surface area contributed by atoms with Crippen LogP contribution < -0.4 is 10.1 Å². The molecule has 0 aliphatic heterocycles. The van der Waals surface area contributed by atoms with Gasteiger partial charge < -0.3 is 10.1 Å². The first-order chi connectivity index (χ1) is 15.0. The SMILES string of the molecule is Cc1cccc(Cn2ccc(NC(=O)c3cccc(COc4ccc(Br)cc4)c3)n2)c1. The summed E-state index contributed by atoms with van der Waals surface area (Å²) in [7, 11) is 0. The molecule has 5 nitrogen and oxygen atoms in total. The number of nitrogens with zero attached hydrogens (tertiary/aromatic N) is 2. The van der Waals surface area contributed by atoms with Crippen LogP contribution >= 0.6 is 15.9 Å². The lowest BCUT2D eigenvalue weighted by atomic mass is 10.1. The molecule has 0 aliphatic carbocycles. The predicted molar refractivity (Wildman–Crippen MR) is 125 cm³/mol. The van der Waals surface area contributed by atoms with Crippen LogP contribution in [0.15, 0.2) is 89.5 Å². The molecule has 156 valence electrons. The fourth-order valence-corrected chi connectivity index (χ4v) is 3.47. The second-order valence-electron chi connectivity index (χ2n) is 7.28. The van der Waals surface area contributed by atoms with Crippen molar-refractivity contribution in [3.63, 3.8) is 0 Å². The maximum Gasteiger partial charge on any atom is 0.256 e. The molecule has 0 aliphatic rings. The Morgan fingerprint density at radius 1 is 1.00 bits per heavy atom. The third-order valence-corrected chi connectivity index (χ3v) is 5.25. The van der Waals surface area contributed by atoms with Crippen molar-refractivity contribution >= 4 is 27.7 Å². The molecule has 6 heteroatoms. The van der Waals surface area contributed by atoms with Crippen molar-refractivity contribution in [1.82, 2.24) is 9.78 Å². The van der Waals surface area contributed by atoms with Crippen LogP contribution in [0.1, 0.15) is 27.0 Å². The van der Waals surface area contributed by atoms with E-state index in [4.69, 9.17) is 4.74 Å². The highest BCUT2D eigenvalue weighted by Crippen LogP contribution is 2.18. The van der Waals surface area contributed by atoms with Gasteiger partial charge in [0.15, 0.2) is 5.82 Å². The van der Waals surface area contributed by atoms with E-state index >= 15 is 0 Å². The first kappa shape index (κ1) is 20.9. The lowest BCUT2D eigenvalue weighted by Gasteiger charge is -2.08. The molecular weight excluding hydrogens is 454 g/mol. The second kappa shape index (κ2) is 9.62. The number of ether oxygens (including phenoxy) is 1. The Bertz CT molecular complexity index is 1190. The van der Waals surface area contributed by atoms with Crippen LogP contribution in [0.5, 0.6) is 5.75 Å². The van der Waals surface area contributed by atoms with Crippen molar-refractivity contribution in [3.8, 4) is 5.75 Å². The number of rotatable bonds is 7. The van der Waals surface area contributed by atoms with E-state index in [0.717, 1.165) is 15.8 Å². The molecule has 0 radical (unpaired) electrons. The van der Waals surface area contributed by atoms with Gasteiger partial charge in [0.05, 0.1) is 6.54 Å². The molecule has 3 aromatic carbocycles. The number of aromatic nitrogens is 2. The van der Waals surface area contributed by atoms with Crippen molar-refractivity contribution < 1.29 is 9.53 Å². The number of nitrogens with one attached hydrogen (secondary N) is 1. The van der Waals surface area contributed by atoms with Crippen molar-refractivity contribution in [1.29, 1.82) is 0 Å². The van der Waals surface area contributed by atoms with Crippen LogP contribution in [0.25, 0.3) is 0 Å². The topological polar surface area (TPSA) is 56.2 Å². The van der Waals surface area contributed by atoms with Crippen molar-refractivity contribution in [3.05, 3.63) is 112 Å². The summed E-state index contributed by atoms with van der Waals surface area (Å²) < 4.78 is 8.61. The molecule has 4 rings (SSSR count). The Kier molecular flexibility index (Phi) is 6.48. The maximum absolute atomic E-state index is 12.7. The monoisotopic (exact) mass is 475 g/mol. The summed E-state index contributed by atoms with van der Waals surface area (Å²) in [6, 6.07) is 25.1. The number of benzene rings is 3. The molecule has 1 heterocycles. The molecule has 0 atom stereocenters. The van der Waals surface area contributed by atoms with E-state index in [-0.39, 0.29) is 5.91 Å². The van der Waals surface area contributed by atoms with E-state index in [0.29, 0.717) is 24.5 Å². The minimum Gasteiger partial charge on any atom is -0.489 e. The zero-order valence-corrected chi connectivity index (χ0v) is 18.7. The van der Waals surface area contributed by atoms with Gasteiger partial charge in [0, 0.05) is 22.3 Å². The summed E-state index contributed by atoms with van der Waals surface area (Å²) in [6.07, 6.45) is 1.86. The normalized spacial score (nSPS) is 10.6. The van der Waals surface area contributed by atoms with Gasteiger partial charge in [0.25, 0.3) is 5.91 Å². The molecule has 1 aromatic heterocycles. The Morgan fingerprint density at radius 3 is 2.58 bits per heavy atom. The largest absolute Gasteiger partial charge is 0.489 e. The Hall–Kier alpha value is -3.38. The van der Waals surface area contributed by atoms with E-state index in [9.17, 15) is 4.79 Å². The third-order valence-electron chi connectivity index (χ3n) is 4.72. The average molecular weight is 476 g/mol. The van der Waals surface area contributed by atoms with Gasteiger partial charge in [0.1, 0.15) is 12.4 Å². The van der Waals surface area contributed by atoms with Crippen LogP contribution in [0.2, 0.25) is 0 Å². The molecule has 1 amide bonds. The predicted octanol–water partition coefficient (Wildman–Crippen LogP) is 5.83. The van der Waals surface area contributed by atoms with E-state index in [1.807, 2.05) is 59.4 Å². The third kappa shape index (κ3) is 5.83. The lowest BCUT2D eigenvalue weighted by Crippen LogP contribution is -2.13. The molecule has 0 unspecified atom stereocenters. The number of hydrogen-bond donors (Lipinski definition) is 1. The van der Waals surface area contributed by atoms with Crippen LogP contribution in [0.3, 0.4) is 0 Å². The van der Waals surface area contributed by atoms with Gasteiger partial charge in [0.2, 0.25) is 0 Å². The second-order valence-corrected chi connectivity index (χ2v) is 8.20. The summed E-state index contributed by atoms with van der Waals surface area (Å²) >= 11 is 3.41. The quantitative estimate of drug-likeness (QED) is 0.365. The van der Waals surface area contributed by atoms with E-state index in [1.54, 1.807) is 12.1 Å². The highest BCUT2D eigenvalue weighted by Gasteiger charge is 2.09. The summed E-state index contributed by atoms with van der Waals surface area (Å²) in [5.74, 6) is 1.10. The van der Waals surface area contributed by atoms with E-state index < -0.39 is 0 Å². The van der Waals surface area contributed by atoms with Gasteiger partial charge in [-0.1, -0.05) is 57.9 Å². The highest BCUT2D eigenvalue weighted by molar-refractivity contribution is 9.10. The smallest absolute Gasteiger partial charge is 0.256 e. The van der Waals surface area contributed by atoms with Crippen molar-refractivity contribution in [2.75, 3.05) is 5.32 Å². The van der Waals surface area contributed by atoms with Gasteiger partial charge in [-0.15, -0.1) is 0 Å². The van der Waals surface area contributed by atoms with Crippen LogP contribution in [0.4, 0.5) is 5.82 Å². The molecular formula is C25H22BrN3O2. The maximum atomic E-state index is 12.7. The summed E-state index contributed by atoms with van der Waals surface area (Å²) in [4.78, 5) is 12.7. The minimum absolute atomic E-state index is 0.203.